The SMILES string of the molecule is COc1ccc(NC(=O)c2cc3ccccc3c(N=Nc3c(C)ccc(Cl)c3S(=O)(=O)O)c2O)cc1. The molecule has 184 valence electrons. The van der Waals surface area contributed by atoms with Crippen LogP contribution >= 0.6 is 11.6 Å². The molecule has 4 aromatic carbocycles. The number of phenols is 1. The van der Waals surface area contributed by atoms with E-state index in [0.29, 0.717) is 27.8 Å². The van der Waals surface area contributed by atoms with Crippen molar-refractivity contribution in [3.63, 3.8) is 0 Å². The molecule has 0 unspecified atom stereocenters. The van der Waals surface area contributed by atoms with Crippen LogP contribution < -0.4 is 10.1 Å². The molecule has 0 aliphatic rings. The Kier molecular flexibility index (Phi) is 6.93. The minimum atomic E-state index is -4.73. The number of azo groups is 1. The predicted octanol–water partition coefficient (Wildman–Crippen LogP) is 6.43. The molecule has 0 saturated carbocycles. The zero-order chi connectivity index (χ0) is 26.0. The largest absolute Gasteiger partial charge is 0.505 e. The molecule has 0 radical (unpaired) electrons. The number of hydrogen-bond acceptors (Lipinski definition) is 7. The average Bonchev–Trinajstić information content (AvgIpc) is 2.84. The molecule has 0 atom stereocenters. The van der Waals surface area contributed by atoms with Gasteiger partial charge in [-0.05, 0) is 54.3 Å². The summed E-state index contributed by atoms with van der Waals surface area (Å²) < 4.78 is 38.6. The van der Waals surface area contributed by atoms with Gasteiger partial charge in [0.05, 0.1) is 17.7 Å². The van der Waals surface area contributed by atoms with Gasteiger partial charge in [0.15, 0.2) is 5.75 Å². The summed E-state index contributed by atoms with van der Waals surface area (Å²) in [6, 6.07) is 17.9. The number of ether oxygens (including phenoxy) is 1. The Hall–Kier alpha value is -3.99. The van der Waals surface area contributed by atoms with Crippen LogP contribution in [0.25, 0.3) is 10.8 Å². The van der Waals surface area contributed by atoms with Crippen LogP contribution in [-0.4, -0.2) is 31.1 Å². The lowest BCUT2D eigenvalue weighted by molar-refractivity contribution is 0.102. The lowest BCUT2D eigenvalue weighted by atomic mass is 10.0. The van der Waals surface area contributed by atoms with Crippen LogP contribution in [0, 0.1) is 6.92 Å². The number of rotatable bonds is 6. The van der Waals surface area contributed by atoms with Crippen LogP contribution in [0.2, 0.25) is 5.02 Å². The number of fused-ring (bicyclic) bond motifs is 1. The van der Waals surface area contributed by atoms with E-state index in [-0.39, 0.29) is 22.0 Å². The van der Waals surface area contributed by atoms with Gasteiger partial charge in [0.2, 0.25) is 0 Å². The minimum absolute atomic E-state index is 0.0614. The highest BCUT2D eigenvalue weighted by molar-refractivity contribution is 7.86. The fourth-order valence-corrected chi connectivity index (χ4v) is 4.78. The van der Waals surface area contributed by atoms with Crippen molar-refractivity contribution < 1.29 is 27.6 Å². The van der Waals surface area contributed by atoms with Gasteiger partial charge in [-0.3, -0.25) is 9.35 Å². The molecular formula is C25H20ClN3O6S. The number of benzene rings is 4. The topological polar surface area (TPSA) is 138 Å². The third-order valence-corrected chi connectivity index (χ3v) is 6.74. The van der Waals surface area contributed by atoms with Crippen LogP contribution in [0.4, 0.5) is 17.1 Å². The summed E-state index contributed by atoms with van der Waals surface area (Å²) in [6.45, 7) is 1.57. The van der Waals surface area contributed by atoms with Gasteiger partial charge >= 0.3 is 0 Å². The molecule has 36 heavy (non-hydrogen) atoms. The highest BCUT2D eigenvalue weighted by Crippen LogP contribution is 2.41. The second-order valence-electron chi connectivity index (χ2n) is 7.74. The molecule has 4 aromatic rings. The Bertz CT molecular complexity index is 1620. The number of methoxy groups -OCH3 is 1. The van der Waals surface area contributed by atoms with Crippen LogP contribution in [0.3, 0.4) is 0 Å². The summed E-state index contributed by atoms with van der Waals surface area (Å²) in [4.78, 5) is 12.4. The van der Waals surface area contributed by atoms with Crippen molar-refractivity contribution in [2.75, 3.05) is 12.4 Å². The number of phenolic OH excluding ortho intramolecular Hbond substituents is 1. The van der Waals surface area contributed by atoms with Crippen molar-refractivity contribution in [1.82, 2.24) is 0 Å². The third-order valence-electron chi connectivity index (χ3n) is 5.38. The summed E-state index contributed by atoms with van der Waals surface area (Å²) in [7, 11) is -3.20. The van der Waals surface area contributed by atoms with E-state index in [4.69, 9.17) is 16.3 Å². The minimum Gasteiger partial charge on any atom is -0.505 e. The molecule has 0 aromatic heterocycles. The van der Waals surface area contributed by atoms with E-state index in [2.05, 4.69) is 15.5 Å². The Morgan fingerprint density at radius 1 is 1.00 bits per heavy atom. The van der Waals surface area contributed by atoms with E-state index in [1.165, 1.54) is 25.3 Å². The van der Waals surface area contributed by atoms with Crippen LogP contribution in [0.1, 0.15) is 15.9 Å². The molecule has 4 rings (SSSR count). The first-order chi connectivity index (χ1) is 17.1. The first-order valence-electron chi connectivity index (χ1n) is 10.5. The molecule has 0 spiro atoms. The summed E-state index contributed by atoms with van der Waals surface area (Å²) in [6.07, 6.45) is 0. The van der Waals surface area contributed by atoms with E-state index in [9.17, 15) is 22.9 Å². The van der Waals surface area contributed by atoms with E-state index in [1.807, 2.05) is 0 Å². The molecule has 0 aliphatic heterocycles. The zero-order valence-corrected chi connectivity index (χ0v) is 20.6. The number of halogens is 1. The van der Waals surface area contributed by atoms with E-state index < -0.39 is 26.7 Å². The van der Waals surface area contributed by atoms with E-state index in [0.717, 1.165) is 0 Å². The fourth-order valence-electron chi connectivity index (χ4n) is 3.58. The maximum Gasteiger partial charge on any atom is 0.298 e. The molecule has 0 heterocycles. The van der Waals surface area contributed by atoms with Crippen molar-refractivity contribution in [2.45, 2.75) is 11.8 Å². The lowest BCUT2D eigenvalue weighted by Crippen LogP contribution is -2.12. The fraction of sp³-hybridized carbons (Fsp3) is 0.0800. The molecular weight excluding hydrogens is 506 g/mol. The molecule has 0 bridgehead atoms. The van der Waals surface area contributed by atoms with Crippen LogP contribution in [0.5, 0.6) is 11.5 Å². The van der Waals surface area contributed by atoms with Crippen molar-refractivity contribution in [1.29, 1.82) is 0 Å². The maximum atomic E-state index is 13.0. The van der Waals surface area contributed by atoms with Gasteiger partial charge in [-0.25, -0.2) is 0 Å². The van der Waals surface area contributed by atoms with Gasteiger partial charge in [0.25, 0.3) is 16.0 Å². The highest BCUT2D eigenvalue weighted by Gasteiger charge is 2.23. The molecule has 1 amide bonds. The van der Waals surface area contributed by atoms with Gasteiger partial charge in [-0.15, -0.1) is 10.2 Å². The van der Waals surface area contributed by atoms with Gasteiger partial charge < -0.3 is 15.2 Å². The number of carbonyl (C=O) groups excluding carboxylic acids is 1. The molecule has 3 N–H and O–H groups in total. The van der Waals surface area contributed by atoms with Gasteiger partial charge in [-0.2, -0.15) is 8.42 Å². The standard InChI is InChI=1S/C25H20ClN3O6S/c1-14-7-12-20(26)24(36(32,33)34)21(14)28-29-22-18-6-4-3-5-15(18)13-19(23(22)30)25(31)27-16-8-10-17(35-2)11-9-16/h3-13,30H,1-2H3,(H,27,31)(H,32,33,34). The number of nitrogens with one attached hydrogen (secondary N) is 1. The summed E-state index contributed by atoms with van der Waals surface area (Å²) in [5.74, 6) is -0.446. The predicted molar refractivity (Wildman–Crippen MR) is 137 cm³/mol. The van der Waals surface area contributed by atoms with E-state index >= 15 is 0 Å². The summed E-state index contributed by atoms with van der Waals surface area (Å²) in [5, 5.41) is 22.6. The monoisotopic (exact) mass is 525 g/mol. The summed E-state index contributed by atoms with van der Waals surface area (Å²) in [5.41, 5.74) is 0.517. The third kappa shape index (κ3) is 5.01. The molecule has 0 fully saturated rings. The first kappa shape index (κ1) is 25.1. The van der Waals surface area contributed by atoms with Crippen LogP contribution in [0.15, 0.2) is 81.9 Å². The van der Waals surface area contributed by atoms with E-state index in [1.54, 1.807) is 55.5 Å². The quantitative estimate of drug-likeness (QED) is 0.196. The van der Waals surface area contributed by atoms with Crippen molar-refractivity contribution >= 4 is 55.5 Å². The first-order valence-corrected chi connectivity index (χ1v) is 12.3. The second-order valence-corrected chi connectivity index (χ2v) is 9.51. The number of aromatic hydroxyl groups is 1. The smallest absolute Gasteiger partial charge is 0.298 e. The van der Waals surface area contributed by atoms with Gasteiger partial charge in [0, 0.05) is 11.1 Å². The zero-order valence-electron chi connectivity index (χ0n) is 19.1. The van der Waals surface area contributed by atoms with Crippen LogP contribution in [-0.2, 0) is 10.1 Å². The number of aryl methyl sites for hydroxylation is 1. The van der Waals surface area contributed by atoms with Crippen molar-refractivity contribution in [3.05, 3.63) is 82.9 Å². The van der Waals surface area contributed by atoms with Crippen molar-refractivity contribution in [2.24, 2.45) is 10.2 Å². The molecule has 11 heteroatoms. The maximum absolute atomic E-state index is 13.0. The average molecular weight is 526 g/mol. The summed E-state index contributed by atoms with van der Waals surface area (Å²) >= 11 is 6.01. The molecule has 9 nitrogen and oxygen atoms in total. The second kappa shape index (κ2) is 9.94. The normalized spacial score (nSPS) is 11.7. The number of carbonyl (C=O) groups is 1. The van der Waals surface area contributed by atoms with Gasteiger partial charge in [-0.1, -0.05) is 41.9 Å². The Balaban J connectivity index is 1.83. The number of nitrogens with zero attached hydrogens (tertiary/aromatic N) is 2. The molecule has 0 saturated heterocycles. The Morgan fingerprint density at radius 3 is 2.33 bits per heavy atom. The highest BCUT2D eigenvalue weighted by atomic mass is 35.5. The lowest BCUT2D eigenvalue weighted by Gasteiger charge is -2.12. The van der Waals surface area contributed by atoms with Crippen molar-refractivity contribution in [3.8, 4) is 11.5 Å². The molecule has 0 aliphatic carbocycles. The van der Waals surface area contributed by atoms with Gasteiger partial charge in [0.1, 0.15) is 22.0 Å². The Morgan fingerprint density at radius 2 is 1.67 bits per heavy atom. The number of amides is 1. The number of hydrogen-bond donors (Lipinski definition) is 3. The number of anilines is 1. The Labute approximate surface area is 211 Å².